The van der Waals surface area contributed by atoms with Crippen molar-refractivity contribution in [1.29, 1.82) is 0 Å². The second kappa shape index (κ2) is 8.13. The lowest BCUT2D eigenvalue weighted by atomic mass is 9.93. The molecule has 0 heterocycles. The van der Waals surface area contributed by atoms with Crippen molar-refractivity contribution in [3.8, 4) is 0 Å². The van der Waals surface area contributed by atoms with Crippen LogP contribution >= 0.6 is 0 Å². The molecule has 1 rings (SSSR count). The van der Waals surface area contributed by atoms with Crippen molar-refractivity contribution in [2.24, 2.45) is 5.41 Å². The Morgan fingerprint density at radius 2 is 1.59 bits per heavy atom. The SMILES string of the molecule is CCCCCCCCC(NCCC)C1(C)CC1. The Balaban J connectivity index is 2.07. The van der Waals surface area contributed by atoms with Gasteiger partial charge in [-0.3, -0.25) is 0 Å². The molecular formula is C16H33N. The molecule has 1 nitrogen and oxygen atoms in total. The van der Waals surface area contributed by atoms with Crippen LogP contribution in [-0.4, -0.2) is 12.6 Å². The van der Waals surface area contributed by atoms with Crippen molar-refractivity contribution in [3.63, 3.8) is 0 Å². The van der Waals surface area contributed by atoms with Gasteiger partial charge in [0.1, 0.15) is 0 Å². The second-order valence-corrected chi connectivity index (χ2v) is 6.22. The summed E-state index contributed by atoms with van der Waals surface area (Å²) in [6, 6.07) is 0.800. The van der Waals surface area contributed by atoms with Gasteiger partial charge in [0.2, 0.25) is 0 Å². The minimum absolute atomic E-state index is 0.651. The summed E-state index contributed by atoms with van der Waals surface area (Å²) >= 11 is 0. The third-order valence-corrected chi connectivity index (χ3v) is 4.37. The second-order valence-electron chi connectivity index (χ2n) is 6.22. The van der Waals surface area contributed by atoms with Gasteiger partial charge in [0.15, 0.2) is 0 Å². The molecule has 0 amide bonds. The largest absolute Gasteiger partial charge is 0.313 e. The first-order chi connectivity index (χ1) is 8.23. The molecule has 1 fully saturated rings. The standard InChI is InChI=1S/C16H33N/c1-4-6-7-8-9-10-11-15(17-14-5-2)16(3)12-13-16/h15,17H,4-14H2,1-3H3. The molecule has 0 spiro atoms. The highest BCUT2D eigenvalue weighted by molar-refractivity contribution is 4.98. The summed E-state index contributed by atoms with van der Waals surface area (Å²) in [7, 11) is 0. The summed E-state index contributed by atoms with van der Waals surface area (Å²) in [6.45, 7) is 8.23. The van der Waals surface area contributed by atoms with Crippen LogP contribution in [0, 0.1) is 5.41 Å². The van der Waals surface area contributed by atoms with E-state index in [4.69, 9.17) is 0 Å². The zero-order chi connectivity index (χ0) is 12.6. The van der Waals surface area contributed by atoms with Crippen LogP contribution in [-0.2, 0) is 0 Å². The summed E-state index contributed by atoms with van der Waals surface area (Å²) in [4.78, 5) is 0. The fourth-order valence-electron chi connectivity index (χ4n) is 2.69. The van der Waals surface area contributed by atoms with E-state index in [0.29, 0.717) is 5.41 Å². The first kappa shape index (κ1) is 15.0. The predicted molar refractivity (Wildman–Crippen MR) is 77.4 cm³/mol. The van der Waals surface area contributed by atoms with Crippen LogP contribution in [0.25, 0.3) is 0 Å². The Labute approximate surface area is 109 Å². The average Bonchev–Trinajstić information content (AvgIpc) is 3.06. The summed E-state index contributed by atoms with van der Waals surface area (Å²) in [5.74, 6) is 0. The van der Waals surface area contributed by atoms with Crippen LogP contribution in [0.15, 0.2) is 0 Å². The third-order valence-electron chi connectivity index (χ3n) is 4.37. The van der Waals surface area contributed by atoms with E-state index in [-0.39, 0.29) is 0 Å². The first-order valence-corrected chi connectivity index (χ1v) is 7.96. The topological polar surface area (TPSA) is 12.0 Å². The molecule has 0 aromatic rings. The monoisotopic (exact) mass is 239 g/mol. The Kier molecular flexibility index (Phi) is 7.18. The van der Waals surface area contributed by atoms with Gasteiger partial charge >= 0.3 is 0 Å². The van der Waals surface area contributed by atoms with E-state index in [2.05, 4.69) is 26.1 Å². The molecule has 1 N–H and O–H groups in total. The van der Waals surface area contributed by atoms with Crippen LogP contribution in [0.5, 0.6) is 0 Å². The quantitative estimate of drug-likeness (QED) is 0.505. The lowest BCUT2D eigenvalue weighted by Crippen LogP contribution is -2.36. The summed E-state index contributed by atoms with van der Waals surface area (Å²) < 4.78 is 0. The molecule has 1 heteroatoms. The lowest BCUT2D eigenvalue weighted by molar-refractivity contribution is 0.327. The average molecular weight is 239 g/mol. The third kappa shape index (κ3) is 5.90. The minimum Gasteiger partial charge on any atom is -0.313 e. The van der Waals surface area contributed by atoms with Crippen LogP contribution in [0.2, 0.25) is 0 Å². The van der Waals surface area contributed by atoms with E-state index in [1.54, 1.807) is 0 Å². The van der Waals surface area contributed by atoms with Gasteiger partial charge < -0.3 is 5.32 Å². The van der Waals surface area contributed by atoms with Crippen molar-refractivity contribution in [2.75, 3.05) is 6.54 Å². The number of hydrogen-bond acceptors (Lipinski definition) is 1. The van der Waals surface area contributed by atoms with Gasteiger partial charge in [0.25, 0.3) is 0 Å². The summed E-state index contributed by atoms with van der Waals surface area (Å²) in [5.41, 5.74) is 0.651. The molecule has 1 aliphatic rings. The Morgan fingerprint density at radius 1 is 0.941 bits per heavy atom. The van der Waals surface area contributed by atoms with Crippen molar-refractivity contribution in [2.45, 2.75) is 91.0 Å². The molecule has 1 aliphatic carbocycles. The number of rotatable bonds is 11. The molecule has 0 aromatic heterocycles. The number of unbranched alkanes of at least 4 members (excludes halogenated alkanes) is 5. The Hall–Kier alpha value is -0.0400. The Bertz CT molecular complexity index is 184. The van der Waals surface area contributed by atoms with Crippen molar-refractivity contribution < 1.29 is 0 Å². The number of hydrogen-bond donors (Lipinski definition) is 1. The van der Waals surface area contributed by atoms with E-state index in [9.17, 15) is 0 Å². The lowest BCUT2D eigenvalue weighted by Gasteiger charge is -2.25. The molecule has 1 unspecified atom stereocenters. The molecule has 0 bridgehead atoms. The van der Waals surface area contributed by atoms with E-state index >= 15 is 0 Å². The smallest absolute Gasteiger partial charge is 0.0121 e. The molecule has 0 saturated heterocycles. The van der Waals surface area contributed by atoms with Crippen LogP contribution in [0.1, 0.15) is 85.0 Å². The molecule has 17 heavy (non-hydrogen) atoms. The van der Waals surface area contributed by atoms with E-state index in [1.165, 1.54) is 70.8 Å². The fourth-order valence-corrected chi connectivity index (χ4v) is 2.69. The molecule has 1 atom stereocenters. The number of nitrogens with one attached hydrogen (secondary N) is 1. The van der Waals surface area contributed by atoms with Gasteiger partial charge in [-0.1, -0.05) is 59.3 Å². The van der Waals surface area contributed by atoms with Crippen LogP contribution < -0.4 is 5.32 Å². The predicted octanol–water partition coefficient (Wildman–Crippen LogP) is 4.91. The van der Waals surface area contributed by atoms with Crippen molar-refractivity contribution in [3.05, 3.63) is 0 Å². The van der Waals surface area contributed by atoms with Gasteiger partial charge in [0, 0.05) is 6.04 Å². The normalized spacial score (nSPS) is 19.2. The molecule has 102 valence electrons. The molecule has 0 aliphatic heterocycles. The highest BCUT2D eigenvalue weighted by Crippen LogP contribution is 2.49. The van der Waals surface area contributed by atoms with Crippen LogP contribution in [0.3, 0.4) is 0 Å². The Morgan fingerprint density at radius 3 is 2.18 bits per heavy atom. The van der Waals surface area contributed by atoms with E-state index < -0.39 is 0 Å². The maximum absolute atomic E-state index is 3.77. The van der Waals surface area contributed by atoms with Gasteiger partial charge in [-0.05, 0) is 37.6 Å². The minimum atomic E-state index is 0.651. The zero-order valence-electron chi connectivity index (χ0n) is 12.4. The van der Waals surface area contributed by atoms with Gasteiger partial charge in [0.05, 0.1) is 0 Å². The van der Waals surface area contributed by atoms with Crippen LogP contribution in [0.4, 0.5) is 0 Å². The van der Waals surface area contributed by atoms with Crippen molar-refractivity contribution in [1.82, 2.24) is 5.32 Å². The maximum Gasteiger partial charge on any atom is 0.0121 e. The van der Waals surface area contributed by atoms with Gasteiger partial charge in [-0.15, -0.1) is 0 Å². The van der Waals surface area contributed by atoms with Gasteiger partial charge in [-0.25, -0.2) is 0 Å². The zero-order valence-corrected chi connectivity index (χ0v) is 12.4. The fraction of sp³-hybridized carbons (Fsp3) is 1.00. The molecule has 0 aromatic carbocycles. The molecule has 0 radical (unpaired) electrons. The van der Waals surface area contributed by atoms with E-state index in [1.807, 2.05) is 0 Å². The molecular weight excluding hydrogens is 206 g/mol. The summed E-state index contributed by atoms with van der Waals surface area (Å²) in [5, 5.41) is 3.77. The first-order valence-electron chi connectivity index (χ1n) is 7.96. The highest BCUT2D eigenvalue weighted by Gasteiger charge is 2.43. The summed E-state index contributed by atoms with van der Waals surface area (Å²) in [6.07, 6.45) is 14.1. The maximum atomic E-state index is 3.77. The van der Waals surface area contributed by atoms with Crippen molar-refractivity contribution >= 4 is 0 Å². The highest BCUT2D eigenvalue weighted by atomic mass is 14.9. The van der Waals surface area contributed by atoms with Gasteiger partial charge in [-0.2, -0.15) is 0 Å². The molecule has 1 saturated carbocycles. The van der Waals surface area contributed by atoms with E-state index in [0.717, 1.165) is 6.04 Å².